The topological polar surface area (TPSA) is 54.9 Å². The van der Waals surface area contributed by atoms with Crippen LogP contribution in [0.15, 0.2) is 35.6 Å². The lowest BCUT2D eigenvalue weighted by Crippen LogP contribution is -2.13. The fraction of sp³-hybridized carbons (Fsp3) is 0.0833. The zero-order chi connectivity index (χ0) is 13.8. The highest BCUT2D eigenvalue weighted by atomic mass is 35.5. The molecule has 1 heterocycles. The smallest absolute Gasteiger partial charge is 0.260 e. The third-order valence-electron chi connectivity index (χ3n) is 2.25. The summed E-state index contributed by atoms with van der Waals surface area (Å²) in [6.07, 6.45) is 3.17. The average molecular weight is 298 g/mol. The molecule has 4 nitrogen and oxygen atoms in total. The predicted octanol–water partition coefficient (Wildman–Crippen LogP) is 3.24. The first-order valence-corrected chi connectivity index (χ1v) is 6.84. The number of thioether (sulfide) groups is 1. The summed E-state index contributed by atoms with van der Waals surface area (Å²) >= 11 is 7.24. The van der Waals surface area contributed by atoms with E-state index in [-0.39, 0.29) is 16.5 Å². The lowest BCUT2D eigenvalue weighted by Gasteiger charge is -2.06. The molecule has 0 aliphatic rings. The van der Waals surface area contributed by atoms with Gasteiger partial charge in [-0.05, 0) is 30.5 Å². The Balaban J connectivity index is 2.18. The zero-order valence-electron chi connectivity index (χ0n) is 9.85. The second-order valence-electron chi connectivity index (χ2n) is 3.52. The molecule has 1 amide bonds. The van der Waals surface area contributed by atoms with Gasteiger partial charge in [0, 0.05) is 11.9 Å². The third-order valence-corrected chi connectivity index (χ3v) is 3.10. The fourth-order valence-electron chi connectivity index (χ4n) is 1.33. The molecule has 0 spiro atoms. The number of hydrogen-bond donors (Lipinski definition) is 1. The summed E-state index contributed by atoms with van der Waals surface area (Å²) in [4.78, 5) is 19.9. The summed E-state index contributed by atoms with van der Waals surface area (Å²) in [5.74, 6) is -0.812. The van der Waals surface area contributed by atoms with E-state index in [1.807, 2.05) is 6.26 Å². The molecule has 19 heavy (non-hydrogen) atoms. The number of benzene rings is 1. The highest BCUT2D eigenvalue weighted by Crippen LogP contribution is 2.18. The van der Waals surface area contributed by atoms with Gasteiger partial charge in [-0.25, -0.2) is 14.4 Å². The normalized spacial score (nSPS) is 10.3. The molecule has 0 aliphatic carbocycles. The van der Waals surface area contributed by atoms with Crippen LogP contribution >= 0.6 is 23.4 Å². The van der Waals surface area contributed by atoms with Crippen LogP contribution in [0.2, 0.25) is 5.15 Å². The van der Waals surface area contributed by atoms with Crippen molar-refractivity contribution in [3.8, 4) is 0 Å². The summed E-state index contributed by atoms with van der Waals surface area (Å²) in [5, 5.41) is 3.16. The Bertz CT molecular complexity index is 606. The van der Waals surface area contributed by atoms with Crippen LogP contribution in [0.1, 0.15) is 10.4 Å². The number of nitrogens with zero attached hydrogens (tertiary/aromatic N) is 2. The van der Waals surface area contributed by atoms with Gasteiger partial charge in [0.15, 0.2) is 5.16 Å². The van der Waals surface area contributed by atoms with Crippen LogP contribution < -0.4 is 5.32 Å². The van der Waals surface area contributed by atoms with Crippen molar-refractivity contribution in [1.29, 1.82) is 0 Å². The van der Waals surface area contributed by atoms with Gasteiger partial charge < -0.3 is 5.32 Å². The Morgan fingerprint density at radius 3 is 2.63 bits per heavy atom. The quantitative estimate of drug-likeness (QED) is 0.537. The first-order chi connectivity index (χ1) is 9.10. The van der Waals surface area contributed by atoms with E-state index in [4.69, 9.17) is 11.6 Å². The van der Waals surface area contributed by atoms with E-state index in [2.05, 4.69) is 15.3 Å². The highest BCUT2D eigenvalue weighted by Gasteiger charge is 2.13. The number of carbonyl (C=O) groups excluding carboxylic acids is 1. The molecule has 0 fully saturated rings. The minimum Gasteiger partial charge on any atom is -0.322 e. The Kier molecular flexibility index (Phi) is 4.34. The van der Waals surface area contributed by atoms with Crippen molar-refractivity contribution in [3.05, 3.63) is 47.0 Å². The van der Waals surface area contributed by atoms with Gasteiger partial charge in [0.25, 0.3) is 5.91 Å². The van der Waals surface area contributed by atoms with Gasteiger partial charge >= 0.3 is 0 Å². The standard InChI is InChI=1S/C12H9ClFN3OS/c1-19-12-15-6-9(10(13)17-12)11(18)16-8-4-2-7(14)3-5-8/h2-6H,1H3,(H,16,18). The molecule has 0 aliphatic heterocycles. The maximum atomic E-state index is 12.7. The molecule has 0 saturated carbocycles. The van der Waals surface area contributed by atoms with Gasteiger partial charge in [0.05, 0.1) is 5.56 Å². The molecule has 0 radical (unpaired) electrons. The van der Waals surface area contributed by atoms with Crippen molar-refractivity contribution < 1.29 is 9.18 Å². The van der Waals surface area contributed by atoms with E-state index in [1.54, 1.807) is 0 Å². The van der Waals surface area contributed by atoms with Gasteiger partial charge in [-0.2, -0.15) is 0 Å². The number of amides is 1. The van der Waals surface area contributed by atoms with Crippen molar-refractivity contribution >= 4 is 35.0 Å². The van der Waals surface area contributed by atoms with Crippen molar-refractivity contribution in [2.75, 3.05) is 11.6 Å². The maximum absolute atomic E-state index is 12.7. The van der Waals surface area contributed by atoms with Crippen LogP contribution in [0.5, 0.6) is 0 Å². The Morgan fingerprint density at radius 1 is 1.37 bits per heavy atom. The van der Waals surface area contributed by atoms with Crippen molar-refractivity contribution in [2.45, 2.75) is 5.16 Å². The van der Waals surface area contributed by atoms with E-state index in [0.717, 1.165) is 0 Å². The Labute approximate surface area is 118 Å². The van der Waals surface area contributed by atoms with Crippen LogP contribution in [0.4, 0.5) is 10.1 Å². The Morgan fingerprint density at radius 2 is 2.05 bits per heavy atom. The largest absolute Gasteiger partial charge is 0.322 e. The number of carbonyl (C=O) groups is 1. The molecule has 2 rings (SSSR count). The number of hydrogen-bond acceptors (Lipinski definition) is 4. The molecule has 1 aromatic carbocycles. The predicted molar refractivity (Wildman–Crippen MR) is 73.2 cm³/mol. The van der Waals surface area contributed by atoms with E-state index < -0.39 is 5.91 Å². The molecule has 7 heteroatoms. The molecule has 0 atom stereocenters. The molecule has 1 aromatic heterocycles. The maximum Gasteiger partial charge on any atom is 0.260 e. The first kappa shape index (κ1) is 13.8. The fourth-order valence-corrected chi connectivity index (χ4v) is 1.93. The molecular formula is C12H9ClFN3OS. The second kappa shape index (κ2) is 5.99. The second-order valence-corrected chi connectivity index (χ2v) is 4.65. The summed E-state index contributed by atoms with van der Waals surface area (Å²) in [7, 11) is 0. The van der Waals surface area contributed by atoms with E-state index in [9.17, 15) is 9.18 Å². The summed E-state index contributed by atoms with van der Waals surface area (Å²) < 4.78 is 12.7. The SMILES string of the molecule is CSc1ncc(C(=O)Nc2ccc(F)cc2)c(Cl)n1. The van der Waals surface area contributed by atoms with Crippen LogP contribution in [-0.2, 0) is 0 Å². The number of rotatable bonds is 3. The van der Waals surface area contributed by atoms with E-state index in [0.29, 0.717) is 10.8 Å². The highest BCUT2D eigenvalue weighted by molar-refractivity contribution is 7.98. The first-order valence-electron chi connectivity index (χ1n) is 5.23. The molecule has 98 valence electrons. The van der Waals surface area contributed by atoms with E-state index >= 15 is 0 Å². The zero-order valence-corrected chi connectivity index (χ0v) is 11.4. The monoisotopic (exact) mass is 297 g/mol. The number of anilines is 1. The van der Waals surface area contributed by atoms with Crippen molar-refractivity contribution in [1.82, 2.24) is 9.97 Å². The molecule has 2 aromatic rings. The van der Waals surface area contributed by atoms with Gasteiger partial charge in [0.1, 0.15) is 11.0 Å². The molecule has 0 unspecified atom stereocenters. The lowest BCUT2D eigenvalue weighted by molar-refractivity contribution is 0.102. The van der Waals surface area contributed by atoms with Gasteiger partial charge in [0.2, 0.25) is 0 Å². The number of halogens is 2. The number of aromatic nitrogens is 2. The van der Waals surface area contributed by atoms with Crippen molar-refractivity contribution in [2.24, 2.45) is 0 Å². The minimum absolute atomic E-state index is 0.0824. The van der Waals surface area contributed by atoms with Crippen molar-refractivity contribution in [3.63, 3.8) is 0 Å². The van der Waals surface area contributed by atoms with Gasteiger partial charge in [-0.1, -0.05) is 23.4 Å². The van der Waals surface area contributed by atoms with E-state index in [1.165, 1.54) is 42.2 Å². The summed E-state index contributed by atoms with van der Waals surface area (Å²) in [5.41, 5.74) is 0.639. The van der Waals surface area contributed by atoms with Crippen LogP contribution in [0, 0.1) is 5.82 Å². The lowest BCUT2D eigenvalue weighted by atomic mass is 10.2. The van der Waals surface area contributed by atoms with Gasteiger partial charge in [-0.15, -0.1) is 0 Å². The van der Waals surface area contributed by atoms with Gasteiger partial charge in [-0.3, -0.25) is 4.79 Å². The minimum atomic E-state index is -0.440. The molecule has 0 saturated heterocycles. The summed E-state index contributed by atoms with van der Waals surface area (Å²) in [6.45, 7) is 0. The van der Waals surface area contributed by atoms with Crippen LogP contribution in [0.3, 0.4) is 0 Å². The van der Waals surface area contributed by atoms with Crippen LogP contribution in [-0.4, -0.2) is 22.1 Å². The van der Waals surface area contributed by atoms with Crippen LogP contribution in [0.25, 0.3) is 0 Å². The molecular weight excluding hydrogens is 289 g/mol. The summed E-state index contributed by atoms with van der Waals surface area (Å²) in [6, 6.07) is 5.42. The molecule has 0 bridgehead atoms. The third kappa shape index (κ3) is 3.42. The Hall–Kier alpha value is -1.66. The number of nitrogens with one attached hydrogen (secondary N) is 1. The molecule has 1 N–H and O–H groups in total. The average Bonchev–Trinajstić information content (AvgIpc) is 2.41.